The smallest absolute Gasteiger partial charge is 0.0371 e. The molecule has 0 fully saturated rings. The Hall–Kier alpha value is -0.670. The van der Waals surface area contributed by atoms with Crippen molar-refractivity contribution in [3.8, 4) is 0 Å². The van der Waals surface area contributed by atoms with Crippen molar-refractivity contribution in [3.63, 3.8) is 0 Å². The van der Waals surface area contributed by atoms with Gasteiger partial charge in [-0.25, -0.2) is 0 Å². The van der Waals surface area contributed by atoms with E-state index in [-0.39, 0.29) is 5.54 Å². The number of nitrogens with two attached hydrogens (primary N) is 1. The third-order valence-corrected chi connectivity index (χ3v) is 5.15. The van der Waals surface area contributed by atoms with Gasteiger partial charge in [-0.3, -0.25) is 0 Å². The van der Waals surface area contributed by atoms with Crippen LogP contribution in [0.4, 0.5) is 5.69 Å². The van der Waals surface area contributed by atoms with Crippen LogP contribution in [0.15, 0.2) is 23.1 Å². The summed E-state index contributed by atoms with van der Waals surface area (Å²) in [6.45, 7) is 5.25. The fraction of sp³-hybridized carbons (Fsp3) is 0.600. The van der Waals surface area contributed by atoms with Crippen LogP contribution < -0.4 is 10.6 Å². The Kier molecular flexibility index (Phi) is 4.23. The molecule has 0 aliphatic carbocycles. The van der Waals surface area contributed by atoms with Gasteiger partial charge in [-0.1, -0.05) is 0 Å². The van der Waals surface area contributed by atoms with Crippen LogP contribution in [0.1, 0.15) is 32.3 Å². The molecule has 18 heavy (non-hydrogen) atoms. The third-order valence-electron chi connectivity index (χ3n) is 3.94. The maximum atomic E-state index is 5.71. The van der Waals surface area contributed by atoms with Crippen molar-refractivity contribution >= 4 is 17.4 Å². The van der Waals surface area contributed by atoms with Crippen molar-refractivity contribution in [1.82, 2.24) is 0 Å². The van der Waals surface area contributed by atoms with E-state index >= 15 is 0 Å². The van der Waals surface area contributed by atoms with Gasteiger partial charge in [0.05, 0.1) is 0 Å². The summed E-state index contributed by atoms with van der Waals surface area (Å²) in [5.41, 5.74) is 8.65. The van der Waals surface area contributed by atoms with Crippen LogP contribution in [0.25, 0.3) is 0 Å². The lowest BCUT2D eigenvalue weighted by molar-refractivity contribution is 0.456. The number of hydrogen-bond acceptors (Lipinski definition) is 3. The Bertz CT molecular complexity index is 415. The molecule has 0 spiro atoms. The number of fused-ring (bicyclic) bond motifs is 1. The van der Waals surface area contributed by atoms with Crippen LogP contribution in [-0.4, -0.2) is 24.9 Å². The molecule has 1 aliphatic heterocycles. The zero-order valence-corrected chi connectivity index (χ0v) is 12.5. The summed E-state index contributed by atoms with van der Waals surface area (Å²) in [6.07, 6.45) is 3.54. The standard InChI is InChI=1S/C15H24N2S/c1-15(2,8-9-16)17(3)13-6-7-14-12(11-13)5-4-10-18-14/h6-7,11H,4-5,8-10,16H2,1-3H3. The van der Waals surface area contributed by atoms with E-state index < -0.39 is 0 Å². The second kappa shape index (κ2) is 5.54. The maximum Gasteiger partial charge on any atom is 0.0371 e. The third kappa shape index (κ3) is 2.83. The lowest BCUT2D eigenvalue weighted by Crippen LogP contribution is -2.42. The van der Waals surface area contributed by atoms with Gasteiger partial charge in [-0.05, 0) is 69.2 Å². The van der Waals surface area contributed by atoms with Gasteiger partial charge in [0, 0.05) is 23.2 Å². The maximum absolute atomic E-state index is 5.71. The van der Waals surface area contributed by atoms with Crippen molar-refractivity contribution < 1.29 is 0 Å². The molecule has 0 atom stereocenters. The molecule has 0 bridgehead atoms. The molecule has 1 aromatic carbocycles. The molecule has 1 aliphatic rings. The topological polar surface area (TPSA) is 29.3 Å². The quantitative estimate of drug-likeness (QED) is 0.905. The second-order valence-corrected chi connectivity index (χ2v) is 6.79. The molecule has 3 heteroatoms. The van der Waals surface area contributed by atoms with Gasteiger partial charge >= 0.3 is 0 Å². The summed E-state index contributed by atoms with van der Waals surface area (Å²) in [5, 5.41) is 0. The highest BCUT2D eigenvalue weighted by Crippen LogP contribution is 2.34. The van der Waals surface area contributed by atoms with E-state index in [9.17, 15) is 0 Å². The van der Waals surface area contributed by atoms with E-state index in [0.29, 0.717) is 0 Å². The van der Waals surface area contributed by atoms with Crippen LogP contribution in [0.3, 0.4) is 0 Å². The number of nitrogens with zero attached hydrogens (tertiary/aromatic N) is 1. The zero-order chi connectivity index (χ0) is 13.2. The second-order valence-electron chi connectivity index (χ2n) is 5.65. The molecule has 0 unspecified atom stereocenters. The van der Waals surface area contributed by atoms with Crippen LogP contribution in [-0.2, 0) is 6.42 Å². The predicted octanol–water partition coefficient (Wildman–Crippen LogP) is 3.29. The SMILES string of the molecule is CN(c1ccc2c(c1)CCCS2)C(C)(C)CCN. The summed E-state index contributed by atoms with van der Waals surface area (Å²) in [4.78, 5) is 3.83. The number of hydrogen-bond donors (Lipinski definition) is 1. The van der Waals surface area contributed by atoms with Gasteiger partial charge in [-0.2, -0.15) is 0 Å². The first kappa shape index (κ1) is 13.8. The number of anilines is 1. The summed E-state index contributed by atoms with van der Waals surface area (Å²) in [6, 6.07) is 6.89. The molecule has 1 heterocycles. The lowest BCUT2D eigenvalue weighted by Gasteiger charge is -2.38. The highest BCUT2D eigenvalue weighted by molar-refractivity contribution is 7.99. The number of benzene rings is 1. The van der Waals surface area contributed by atoms with Gasteiger partial charge < -0.3 is 10.6 Å². The Labute approximate surface area is 115 Å². The van der Waals surface area contributed by atoms with Gasteiger partial charge in [0.25, 0.3) is 0 Å². The molecule has 1 aromatic rings. The number of thioether (sulfide) groups is 1. The summed E-state index contributed by atoms with van der Waals surface area (Å²) in [5.74, 6) is 1.26. The van der Waals surface area contributed by atoms with Crippen molar-refractivity contribution in [3.05, 3.63) is 23.8 Å². The van der Waals surface area contributed by atoms with E-state index in [1.807, 2.05) is 11.8 Å². The first-order valence-corrected chi connectivity index (χ1v) is 7.73. The highest BCUT2D eigenvalue weighted by atomic mass is 32.2. The normalized spacial score (nSPS) is 15.3. The van der Waals surface area contributed by atoms with E-state index in [1.54, 1.807) is 0 Å². The lowest BCUT2D eigenvalue weighted by atomic mass is 9.97. The Morgan fingerprint density at radius 1 is 1.39 bits per heavy atom. The van der Waals surface area contributed by atoms with E-state index in [0.717, 1.165) is 13.0 Å². The van der Waals surface area contributed by atoms with E-state index in [2.05, 4.69) is 44.0 Å². The molecule has 0 radical (unpaired) electrons. The van der Waals surface area contributed by atoms with Crippen LogP contribution >= 0.6 is 11.8 Å². The molecule has 0 amide bonds. The summed E-state index contributed by atoms with van der Waals surface area (Å²) in [7, 11) is 2.17. The minimum absolute atomic E-state index is 0.116. The predicted molar refractivity (Wildman–Crippen MR) is 81.6 cm³/mol. The summed E-state index contributed by atoms with van der Waals surface area (Å²) >= 11 is 1.99. The van der Waals surface area contributed by atoms with Crippen molar-refractivity contribution in [2.75, 3.05) is 24.2 Å². The first-order chi connectivity index (χ1) is 8.54. The molecular weight excluding hydrogens is 240 g/mol. The fourth-order valence-corrected chi connectivity index (χ4v) is 3.45. The number of rotatable bonds is 4. The van der Waals surface area contributed by atoms with E-state index in [1.165, 1.54) is 34.7 Å². The highest BCUT2D eigenvalue weighted by Gasteiger charge is 2.23. The van der Waals surface area contributed by atoms with Gasteiger partial charge in [0.15, 0.2) is 0 Å². The van der Waals surface area contributed by atoms with Crippen molar-refractivity contribution in [2.24, 2.45) is 5.73 Å². The number of aryl methyl sites for hydroxylation is 1. The van der Waals surface area contributed by atoms with Gasteiger partial charge in [0.2, 0.25) is 0 Å². The zero-order valence-electron chi connectivity index (χ0n) is 11.7. The molecule has 2 N–H and O–H groups in total. The van der Waals surface area contributed by atoms with E-state index in [4.69, 9.17) is 5.73 Å². The molecule has 0 aromatic heterocycles. The first-order valence-electron chi connectivity index (χ1n) is 6.74. The monoisotopic (exact) mass is 264 g/mol. The van der Waals surface area contributed by atoms with Gasteiger partial charge in [-0.15, -0.1) is 11.8 Å². The fourth-order valence-electron chi connectivity index (χ4n) is 2.43. The largest absolute Gasteiger partial charge is 0.369 e. The molecular formula is C15H24N2S. The van der Waals surface area contributed by atoms with Crippen LogP contribution in [0.2, 0.25) is 0 Å². The molecule has 2 nitrogen and oxygen atoms in total. The Balaban J connectivity index is 2.23. The van der Waals surface area contributed by atoms with Crippen LogP contribution in [0, 0.1) is 0 Å². The van der Waals surface area contributed by atoms with Crippen molar-refractivity contribution in [1.29, 1.82) is 0 Å². The minimum atomic E-state index is 0.116. The molecule has 2 rings (SSSR count). The minimum Gasteiger partial charge on any atom is -0.369 e. The van der Waals surface area contributed by atoms with Gasteiger partial charge in [0.1, 0.15) is 0 Å². The Morgan fingerprint density at radius 2 is 2.17 bits per heavy atom. The van der Waals surface area contributed by atoms with Crippen LogP contribution in [0.5, 0.6) is 0 Å². The average molecular weight is 264 g/mol. The Morgan fingerprint density at radius 3 is 2.89 bits per heavy atom. The summed E-state index contributed by atoms with van der Waals surface area (Å²) < 4.78 is 0. The molecule has 100 valence electrons. The molecule has 0 saturated heterocycles. The van der Waals surface area contributed by atoms with Crippen molar-refractivity contribution in [2.45, 2.75) is 43.5 Å². The average Bonchev–Trinajstić information content (AvgIpc) is 2.37. The molecule has 0 saturated carbocycles.